The lowest BCUT2D eigenvalue weighted by Crippen LogP contribution is -2.10. The molecule has 0 bridgehead atoms. The topological polar surface area (TPSA) is 17.3 Å². The molecule has 0 aliphatic heterocycles. The Balaban J connectivity index is 2.20. The summed E-state index contributed by atoms with van der Waals surface area (Å²) < 4.78 is 2.16. The van der Waals surface area contributed by atoms with Crippen molar-refractivity contribution in [2.75, 3.05) is 0 Å². The van der Waals surface area contributed by atoms with Crippen LogP contribution in [0.25, 0.3) is 16.9 Å². The maximum atomic E-state index is 6.49. The Bertz CT molecular complexity index is 836. The zero-order valence-electron chi connectivity index (χ0n) is 14.4. The van der Waals surface area contributed by atoms with Crippen LogP contribution in [-0.2, 0) is 5.41 Å². The number of halogens is 1. The Morgan fingerprint density at radius 1 is 1.04 bits per heavy atom. The second-order valence-electron chi connectivity index (χ2n) is 7.15. The summed E-state index contributed by atoms with van der Waals surface area (Å²) in [4.78, 5) is 4.84. The largest absolute Gasteiger partial charge is 0.299 e. The van der Waals surface area contributed by atoms with Gasteiger partial charge < -0.3 is 0 Å². The van der Waals surface area contributed by atoms with Crippen molar-refractivity contribution in [2.24, 2.45) is 0 Å². The second kappa shape index (κ2) is 5.68. The average molecular weight is 327 g/mol. The number of aromatic nitrogens is 2. The van der Waals surface area contributed by atoms with Gasteiger partial charge in [-0.1, -0.05) is 51.1 Å². The number of rotatable bonds is 2. The van der Waals surface area contributed by atoms with E-state index in [9.17, 15) is 0 Å². The summed E-state index contributed by atoms with van der Waals surface area (Å²) in [6.45, 7) is 10.8. The molecule has 0 spiro atoms. The summed E-state index contributed by atoms with van der Waals surface area (Å²) in [7, 11) is 0. The second-order valence-corrected chi connectivity index (χ2v) is 7.80. The maximum Gasteiger partial charge on any atom is 0.137 e. The lowest BCUT2D eigenvalue weighted by molar-refractivity contribution is 0.590. The van der Waals surface area contributed by atoms with E-state index in [-0.39, 0.29) is 10.8 Å². The van der Waals surface area contributed by atoms with E-state index in [1.54, 1.807) is 0 Å². The molecule has 0 saturated heterocycles. The van der Waals surface area contributed by atoms with Gasteiger partial charge in [0.2, 0.25) is 0 Å². The van der Waals surface area contributed by atoms with Gasteiger partial charge in [-0.15, -0.1) is 11.6 Å². The molecule has 0 radical (unpaired) electrons. The first-order valence-corrected chi connectivity index (χ1v) is 8.45. The van der Waals surface area contributed by atoms with Gasteiger partial charge in [-0.05, 0) is 37.0 Å². The van der Waals surface area contributed by atoms with Gasteiger partial charge in [0.25, 0.3) is 0 Å². The molecule has 1 unspecified atom stereocenters. The van der Waals surface area contributed by atoms with Crippen LogP contribution in [0.1, 0.15) is 50.0 Å². The molecule has 2 nitrogen and oxygen atoms in total. The van der Waals surface area contributed by atoms with Crippen LogP contribution >= 0.6 is 11.6 Å². The van der Waals surface area contributed by atoms with Gasteiger partial charge >= 0.3 is 0 Å². The van der Waals surface area contributed by atoms with Gasteiger partial charge in [-0.2, -0.15) is 0 Å². The van der Waals surface area contributed by atoms with Crippen molar-refractivity contribution in [3.8, 4) is 11.3 Å². The van der Waals surface area contributed by atoms with E-state index in [1.165, 1.54) is 5.56 Å². The molecule has 2 heterocycles. The predicted molar refractivity (Wildman–Crippen MR) is 98.3 cm³/mol. The van der Waals surface area contributed by atoms with E-state index in [1.807, 2.05) is 19.1 Å². The zero-order chi connectivity index (χ0) is 16.8. The minimum atomic E-state index is -0.108. The van der Waals surface area contributed by atoms with Crippen LogP contribution in [-0.4, -0.2) is 9.38 Å². The van der Waals surface area contributed by atoms with Gasteiger partial charge in [0.1, 0.15) is 5.65 Å². The quantitative estimate of drug-likeness (QED) is 0.535. The van der Waals surface area contributed by atoms with Crippen molar-refractivity contribution in [1.29, 1.82) is 0 Å². The van der Waals surface area contributed by atoms with Crippen LogP contribution in [0.3, 0.4) is 0 Å². The molecule has 120 valence electrons. The summed E-state index contributed by atoms with van der Waals surface area (Å²) in [5.41, 5.74) is 6.71. The number of aryl methyl sites for hydroxylation is 1. The first kappa shape index (κ1) is 16.1. The summed E-state index contributed by atoms with van der Waals surface area (Å²) in [6, 6.07) is 14.8. The molecule has 0 N–H and O–H groups in total. The van der Waals surface area contributed by atoms with E-state index >= 15 is 0 Å². The first-order chi connectivity index (χ1) is 10.8. The third-order valence-electron chi connectivity index (χ3n) is 4.28. The highest BCUT2D eigenvalue weighted by molar-refractivity contribution is 6.20. The molecule has 3 rings (SSSR count). The van der Waals surface area contributed by atoms with E-state index in [4.69, 9.17) is 16.6 Å². The van der Waals surface area contributed by atoms with E-state index in [0.29, 0.717) is 0 Å². The molecular formula is C20H23ClN2. The fraction of sp³-hybridized carbons (Fsp3) is 0.350. The van der Waals surface area contributed by atoms with Gasteiger partial charge in [0.05, 0.1) is 16.8 Å². The average Bonchev–Trinajstić information content (AvgIpc) is 2.87. The Morgan fingerprint density at radius 2 is 1.70 bits per heavy atom. The molecule has 0 aliphatic carbocycles. The third kappa shape index (κ3) is 2.88. The number of pyridine rings is 1. The molecule has 23 heavy (non-hydrogen) atoms. The number of alkyl halides is 1. The minimum Gasteiger partial charge on any atom is -0.299 e. The van der Waals surface area contributed by atoms with Gasteiger partial charge in [0, 0.05) is 11.3 Å². The van der Waals surface area contributed by atoms with Crippen molar-refractivity contribution in [3.05, 3.63) is 59.4 Å². The lowest BCUT2D eigenvalue weighted by atomic mass is 9.86. The standard InChI is InChI=1S/C20H23ClN2/c1-13-7-6-8-17-22-18(19(14(2)21)23(13)17)15-9-11-16(12-10-15)20(3,4)5/h6-12,14H,1-5H3. The molecule has 0 saturated carbocycles. The number of nitrogens with zero attached hydrogens (tertiary/aromatic N) is 2. The molecule has 2 aromatic heterocycles. The van der Waals surface area contributed by atoms with Crippen LogP contribution in [0.5, 0.6) is 0 Å². The van der Waals surface area contributed by atoms with Crippen LogP contribution in [0, 0.1) is 6.92 Å². The molecule has 0 amide bonds. The molecule has 0 fully saturated rings. The number of benzene rings is 1. The van der Waals surface area contributed by atoms with E-state index < -0.39 is 0 Å². The molecule has 1 aromatic carbocycles. The zero-order valence-corrected chi connectivity index (χ0v) is 15.1. The highest BCUT2D eigenvalue weighted by atomic mass is 35.5. The lowest BCUT2D eigenvalue weighted by Gasteiger charge is -2.19. The van der Waals surface area contributed by atoms with Crippen molar-refractivity contribution in [1.82, 2.24) is 9.38 Å². The Hall–Kier alpha value is -1.80. The van der Waals surface area contributed by atoms with Crippen molar-refractivity contribution < 1.29 is 0 Å². The molecular weight excluding hydrogens is 304 g/mol. The normalized spacial score (nSPS) is 13.5. The first-order valence-electron chi connectivity index (χ1n) is 8.02. The maximum absolute atomic E-state index is 6.49. The van der Waals surface area contributed by atoms with Crippen LogP contribution in [0.4, 0.5) is 0 Å². The highest BCUT2D eigenvalue weighted by Crippen LogP contribution is 2.34. The summed E-state index contributed by atoms with van der Waals surface area (Å²) in [6.07, 6.45) is 0. The summed E-state index contributed by atoms with van der Waals surface area (Å²) in [5, 5.41) is -0.108. The highest BCUT2D eigenvalue weighted by Gasteiger charge is 2.20. The van der Waals surface area contributed by atoms with Crippen molar-refractivity contribution in [2.45, 2.75) is 45.4 Å². The number of fused-ring (bicyclic) bond motifs is 1. The van der Waals surface area contributed by atoms with Gasteiger partial charge in [-0.3, -0.25) is 4.40 Å². The van der Waals surface area contributed by atoms with Crippen molar-refractivity contribution >= 4 is 17.2 Å². The third-order valence-corrected chi connectivity index (χ3v) is 4.48. The van der Waals surface area contributed by atoms with Crippen LogP contribution in [0.2, 0.25) is 0 Å². The molecule has 3 heteroatoms. The van der Waals surface area contributed by atoms with Gasteiger partial charge in [0.15, 0.2) is 0 Å². The Morgan fingerprint density at radius 3 is 2.26 bits per heavy atom. The number of imidazole rings is 1. The van der Waals surface area contributed by atoms with E-state index in [0.717, 1.165) is 28.3 Å². The molecule has 1 atom stereocenters. The smallest absolute Gasteiger partial charge is 0.137 e. The van der Waals surface area contributed by atoms with Gasteiger partial charge in [-0.25, -0.2) is 4.98 Å². The van der Waals surface area contributed by atoms with E-state index in [2.05, 4.69) is 62.4 Å². The Kier molecular flexibility index (Phi) is 3.97. The Labute approximate surface area is 143 Å². The number of hydrogen-bond donors (Lipinski definition) is 0. The fourth-order valence-corrected chi connectivity index (χ4v) is 3.19. The molecule has 3 aromatic rings. The van der Waals surface area contributed by atoms with Crippen molar-refractivity contribution in [3.63, 3.8) is 0 Å². The number of hydrogen-bond acceptors (Lipinski definition) is 1. The molecule has 0 aliphatic rings. The minimum absolute atomic E-state index is 0.108. The summed E-state index contributed by atoms with van der Waals surface area (Å²) >= 11 is 6.49. The monoisotopic (exact) mass is 326 g/mol. The summed E-state index contributed by atoms with van der Waals surface area (Å²) in [5.74, 6) is 0. The fourth-order valence-electron chi connectivity index (χ4n) is 2.99. The SMILES string of the molecule is Cc1cccc2nc(-c3ccc(C(C)(C)C)cc3)c(C(C)Cl)n12. The van der Waals surface area contributed by atoms with Crippen LogP contribution < -0.4 is 0 Å². The predicted octanol–water partition coefficient (Wildman–Crippen LogP) is 5.91. The van der Waals surface area contributed by atoms with Crippen LogP contribution in [0.15, 0.2) is 42.5 Å².